The highest BCUT2D eigenvalue weighted by molar-refractivity contribution is 6.30. The van der Waals surface area contributed by atoms with Crippen LogP contribution in [0, 0.1) is 11.6 Å². The lowest BCUT2D eigenvalue weighted by Crippen LogP contribution is -2.21. The van der Waals surface area contributed by atoms with E-state index in [4.69, 9.17) is 21.1 Å². The highest BCUT2D eigenvalue weighted by atomic mass is 35.5. The predicted octanol–water partition coefficient (Wildman–Crippen LogP) is 3.56. The van der Waals surface area contributed by atoms with E-state index in [1.54, 1.807) is 13.8 Å². The monoisotopic (exact) mass is 264 g/mol. The summed E-state index contributed by atoms with van der Waals surface area (Å²) in [5.74, 6) is -1.40. The summed E-state index contributed by atoms with van der Waals surface area (Å²) in [6, 6.07) is 2.32. The van der Waals surface area contributed by atoms with E-state index in [1.165, 1.54) is 6.07 Å². The van der Waals surface area contributed by atoms with E-state index < -0.39 is 17.9 Å². The molecule has 5 heteroatoms. The zero-order valence-corrected chi connectivity index (χ0v) is 10.6. The fraction of sp³-hybridized carbons (Fsp3) is 0.500. The molecule has 0 N–H and O–H groups in total. The number of ether oxygens (including phenoxy) is 2. The number of halogens is 3. The molecule has 1 rings (SSSR count). The minimum atomic E-state index is -0.754. The second-order valence-corrected chi connectivity index (χ2v) is 3.77. The van der Waals surface area contributed by atoms with Gasteiger partial charge < -0.3 is 9.47 Å². The average Bonchev–Trinajstić information content (AvgIpc) is 2.30. The maximum absolute atomic E-state index is 13.6. The second-order valence-electron chi connectivity index (χ2n) is 3.37. The van der Waals surface area contributed by atoms with Gasteiger partial charge in [0.2, 0.25) is 0 Å². The highest BCUT2D eigenvalue weighted by Gasteiger charge is 2.18. The first-order valence-corrected chi connectivity index (χ1v) is 5.83. The Kier molecular flexibility index (Phi) is 5.82. The second kappa shape index (κ2) is 6.89. The van der Waals surface area contributed by atoms with Crippen molar-refractivity contribution in [2.75, 3.05) is 13.2 Å². The largest absolute Gasteiger partial charge is 0.353 e. The van der Waals surface area contributed by atoms with Crippen molar-refractivity contribution in [1.82, 2.24) is 0 Å². The normalized spacial score (nSPS) is 11.2. The summed E-state index contributed by atoms with van der Waals surface area (Å²) in [7, 11) is 0. The Hall–Kier alpha value is -0.710. The average molecular weight is 265 g/mol. The van der Waals surface area contributed by atoms with Crippen LogP contribution in [0.1, 0.15) is 19.4 Å². The Morgan fingerprint density at radius 2 is 1.76 bits per heavy atom. The topological polar surface area (TPSA) is 18.5 Å². The van der Waals surface area contributed by atoms with Gasteiger partial charge >= 0.3 is 0 Å². The summed E-state index contributed by atoms with van der Waals surface area (Å²) in [5.41, 5.74) is -0.107. The van der Waals surface area contributed by atoms with Crippen LogP contribution in [0.2, 0.25) is 5.02 Å². The Bertz CT molecular complexity index is 366. The van der Waals surface area contributed by atoms with Crippen LogP contribution in [-0.2, 0) is 15.9 Å². The molecule has 0 aromatic heterocycles. The van der Waals surface area contributed by atoms with Crippen molar-refractivity contribution in [1.29, 1.82) is 0 Å². The summed E-state index contributed by atoms with van der Waals surface area (Å²) >= 11 is 5.60. The summed E-state index contributed by atoms with van der Waals surface area (Å²) in [6.07, 6.45) is -0.660. The molecule has 2 nitrogen and oxygen atoms in total. The van der Waals surface area contributed by atoms with Gasteiger partial charge in [0, 0.05) is 25.2 Å². The van der Waals surface area contributed by atoms with Gasteiger partial charge in [0.05, 0.1) is 5.02 Å². The van der Waals surface area contributed by atoms with Gasteiger partial charge in [-0.05, 0) is 26.0 Å². The summed E-state index contributed by atoms with van der Waals surface area (Å²) in [4.78, 5) is 0. The molecule has 0 aliphatic heterocycles. The van der Waals surface area contributed by atoms with Crippen molar-refractivity contribution >= 4 is 11.6 Å². The molecule has 0 aliphatic rings. The quantitative estimate of drug-likeness (QED) is 0.578. The molecule has 0 atom stereocenters. The molecule has 0 saturated carbocycles. The van der Waals surface area contributed by atoms with E-state index in [1.807, 2.05) is 0 Å². The molecule has 0 fully saturated rings. The van der Waals surface area contributed by atoms with Gasteiger partial charge in [-0.3, -0.25) is 0 Å². The minimum Gasteiger partial charge on any atom is -0.353 e. The van der Waals surface area contributed by atoms with Crippen molar-refractivity contribution in [3.63, 3.8) is 0 Å². The first-order valence-electron chi connectivity index (χ1n) is 5.45. The van der Waals surface area contributed by atoms with Crippen LogP contribution in [0.3, 0.4) is 0 Å². The summed E-state index contributed by atoms with van der Waals surface area (Å²) in [5, 5.41) is -0.104. The number of benzene rings is 1. The first kappa shape index (κ1) is 14.4. The fourth-order valence-corrected chi connectivity index (χ4v) is 1.64. The molecule has 0 bridgehead atoms. The van der Waals surface area contributed by atoms with E-state index in [-0.39, 0.29) is 17.0 Å². The number of hydrogen-bond acceptors (Lipinski definition) is 2. The maximum atomic E-state index is 13.6. The van der Waals surface area contributed by atoms with E-state index in [0.717, 1.165) is 6.07 Å². The molecular formula is C12H15ClF2O2. The van der Waals surface area contributed by atoms with Crippen LogP contribution in [0.15, 0.2) is 12.1 Å². The smallest absolute Gasteiger partial charge is 0.161 e. The van der Waals surface area contributed by atoms with Crippen molar-refractivity contribution in [2.24, 2.45) is 0 Å². The van der Waals surface area contributed by atoms with Crippen LogP contribution >= 0.6 is 11.6 Å². The van der Waals surface area contributed by atoms with Gasteiger partial charge in [0.15, 0.2) is 6.29 Å². The van der Waals surface area contributed by atoms with Gasteiger partial charge in [-0.1, -0.05) is 11.6 Å². The third-order valence-electron chi connectivity index (χ3n) is 2.21. The molecule has 17 heavy (non-hydrogen) atoms. The SMILES string of the molecule is CCOC(Cc1c(F)ccc(Cl)c1F)OCC. The Labute approximate surface area is 104 Å². The molecule has 0 aliphatic carbocycles. The zero-order chi connectivity index (χ0) is 12.8. The van der Waals surface area contributed by atoms with E-state index in [9.17, 15) is 8.78 Å². The van der Waals surface area contributed by atoms with Crippen molar-refractivity contribution < 1.29 is 18.3 Å². The van der Waals surface area contributed by atoms with E-state index >= 15 is 0 Å². The molecule has 0 heterocycles. The van der Waals surface area contributed by atoms with Crippen molar-refractivity contribution in [2.45, 2.75) is 26.6 Å². The number of hydrogen-bond donors (Lipinski definition) is 0. The van der Waals surface area contributed by atoms with Gasteiger partial charge in [-0.15, -0.1) is 0 Å². The Morgan fingerprint density at radius 1 is 1.18 bits per heavy atom. The molecule has 0 saturated heterocycles. The standard InChI is InChI=1S/C12H15ClF2O2/c1-3-16-11(17-4-2)7-8-10(14)6-5-9(13)12(8)15/h5-6,11H,3-4,7H2,1-2H3. The number of rotatable bonds is 6. The predicted molar refractivity (Wildman–Crippen MR) is 62.1 cm³/mol. The molecular weight excluding hydrogens is 250 g/mol. The van der Waals surface area contributed by atoms with Gasteiger partial charge in [0.25, 0.3) is 0 Å². The molecule has 0 amide bonds. The van der Waals surface area contributed by atoms with E-state index in [2.05, 4.69) is 0 Å². The summed E-state index contributed by atoms with van der Waals surface area (Å²) in [6.45, 7) is 4.40. The van der Waals surface area contributed by atoms with Crippen molar-refractivity contribution in [3.8, 4) is 0 Å². The molecule has 0 unspecified atom stereocenters. The molecule has 0 spiro atoms. The van der Waals surface area contributed by atoms with Crippen LogP contribution in [0.5, 0.6) is 0 Å². The Balaban J connectivity index is 2.88. The van der Waals surface area contributed by atoms with E-state index in [0.29, 0.717) is 13.2 Å². The van der Waals surface area contributed by atoms with Gasteiger partial charge in [-0.2, -0.15) is 0 Å². The molecule has 1 aromatic rings. The van der Waals surface area contributed by atoms with Gasteiger partial charge in [0.1, 0.15) is 11.6 Å². The van der Waals surface area contributed by atoms with Crippen LogP contribution < -0.4 is 0 Å². The first-order chi connectivity index (χ1) is 8.10. The molecule has 0 radical (unpaired) electrons. The maximum Gasteiger partial charge on any atom is 0.161 e. The van der Waals surface area contributed by atoms with Crippen LogP contribution in [0.4, 0.5) is 8.78 Å². The van der Waals surface area contributed by atoms with Crippen LogP contribution in [-0.4, -0.2) is 19.5 Å². The highest BCUT2D eigenvalue weighted by Crippen LogP contribution is 2.23. The fourth-order valence-electron chi connectivity index (χ4n) is 1.46. The lowest BCUT2D eigenvalue weighted by Gasteiger charge is -2.17. The minimum absolute atomic E-state index is 0.0000926. The Morgan fingerprint density at radius 3 is 2.29 bits per heavy atom. The van der Waals surface area contributed by atoms with Crippen molar-refractivity contribution in [3.05, 3.63) is 34.4 Å². The molecule has 1 aromatic carbocycles. The lowest BCUT2D eigenvalue weighted by atomic mass is 10.1. The molecule has 96 valence electrons. The van der Waals surface area contributed by atoms with Crippen LogP contribution in [0.25, 0.3) is 0 Å². The third kappa shape index (κ3) is 3.91. The zero-order valence-electron chi connectivity index (χ0n) is 9.80. The lowest BCUT2D eigenvalue weighted by molar-refractivity contribution is -0.135. The van der Waals surface area contributed by atoms with Gasteiger partial charge in [-0.25, -0.2) is 8.78 Å². The third-order valence-corrected chi connectivity index (χ3v) is 2.51. The summed E-state index contributed by atoms with van der Waals surface area (Å²) < 4.78 is 37.6.